The Morgan fingerprint density at radius 1 is 1.24 bits per heavy atom. The molecule has 148 valence electrons. The Labute approximate surface area is 170 Å². The molecule has 3 aromatic rings. The van der Waals surface area contributed by atoms with Crippen LogP contribution in [-0.2, 0) is 23.1 Å². The second-order valence-electron chi connectivity index (χ2n) is 8.04. The molecule has 0 bridgehead atoms. The fraction of sp³-hybridized carbons (Fsp3) is 0.292. The van der Waals surface area contributed by atoms with Crippen molar-refractivity contribution in [2.75, 3.05) is 6.61 Å². The van der Waals surface area contributed by atoms with E-state index < -0.39 is 5.41 Å². The molecule has 2 aliphatic rings. The maximum atomic E-state index is 13.3. The number of carbonyl (C=O) groups is 1. The van der Waals surface area contributed by atoms with Crippen molar-refractivity contribution in [2.24, 2.45) is 0 Å². The highest BCUT2D eigenvalue weighted by Gasteiger charge is 2.50. The first-order chi connectivity index (χ1) is 14.0. The number of Topliss-reactive ketones (excluding diaryl/α,β-unsaturated/α-hetero) is 1. The van der Waals surface area contributed by atoms with Gasteiger partial charge in [-0.05, 0) is 66.8 Å². The number of hydrogen-bond donors (Lipinski definition) is 1. The van der Waals surface area contributed by atoms with Gasteiger partial charge in [-0.2, -0.15) is 0 Å². The Morgan fingerprint density at radius 3 is 2.90 bits per heavy atom. The number of ketones is 1. The van der Waals surface area contributed by atoms with Crippen molar-refractivity contribution < 1.29 is 11.0 Å². The van der Waals surface area contributed by atoms with Gasteiger partial charge in [0.05, 0.1) is 23.3 Å². The minimum atomic E-state index is -0.395. The number of fused-ring (bicyclic) bond motifs is 1. The lowest BCUT2D eigenvalue weighted by atomic mass is 9.87. The second kappa shape index (κ2) is 6.69. The lowest BCUT2D eigenvalue weighted by molar-refractivity contribution is -0.120. The summed E-state index contributed by atoms with van der Waals surface area (Å²) in [5.74, 6) is 1.14. The molecule has 1 N–H and O–H groups in total. The van der Waals surface area contributed by atoms with Gasteiger partial charge in [0.15, 0.2) is 0 Å². The molecule has 0 amide bonds. The summed E-state index contributed by atoms with van der Waals surface area (Å²) in [7, 11) is 0. The molecule has 1 saturated carbocycles. The molecular weight excluding hydrogens is 364 g/mol. The largest absolute Gasteiger partial charge is 0.493 e. The van der Waals surface area contributed by atoms with Crippen LogP contribution in [0, 0.1) is 6.92 Å². The SMILES string of the molecule is Cc1cc(CC(=O)C2(c3ccc4c(c3)CCO4)CC2)nc(-c2ccc[nH]c2=O)c1.[HH]. The number of pyridine rings is 2. The van der Waals surface area contributed by atoms with Crippen LogP contribution < -0.4 is 10.3 Å². The summed E-state index contributed by atoms with van der Waals surface area (Å²) in [5, 5.41) is 0. The van der Waals surface area contributed by atoms with E-state index in [9.17, 15) is 9.59 Å². The number of ether oxygens (including phenoxy) is 1. The third kappa shape index (κ3) is 3.16. The molecule has 0 spiro atoms. The zero-order valence-electron chi connectivity index (χ0n) is 16.3. The fourth-order valence-corrected chi connectivity index (χ4v) is 4.26. The third-order valence-electron chi connectivity index (χ3n) is 5.98. The Balaban J connectivity index is 0.00000218. The average Bonchev–Trinajstić information content (AvgIpc) is 3.39. The van der Waals surface area contributed by atoms with Crippen LogP contribution in [0.5, 0.6) is 5.75 Å². The Morgan fingerprint density at radius 2 is 2.10 bits per heavy atom. The van der Waals surface area contributed by atoms with Crippen LogP contribution in [0.2, 0.25) is 0 Å². The van der Waals surface area contributed by atoms with Crippen LogP contribution in [0.3, 0.4) is 0 Å². The molecule has 5 heteroatoms. The quantitative estimate of drug-likeness (QED) is 0.722. The van der Waals surface area contributed by atoms with Gasteiger partial charge in [-0.1, -0.05) is 12.1 Å². The van der Waals surface area contributed by atoms with E-state index in [1.54, 1.807) is 18.3 Å². The van der Waals surface area contributed by atoms with Crippen LogP contribution in [0.15, 0.2) is 53.5 Å². The summed E-state index contributed by atoms with van der Waals surface area (Å²) in [6, 6.07) is 13.5. The Kier molecular flexibility index (Phi) is 4.12. The Hall–Kier alpha value is -3.21. The molecule has 1 aromatic carbocycles. The summed E-state index contributed by atoms with van der Waals surface area (Å²) >= 11 is 0. The van der Waals surface area contributed by atoms with Gasteiger partial charge in [0.1, 0.15) is 11.5 Å². The van der Waals surface area contributed by atoms with Crippen molar-refractivity contribution >= 4 is 5.78 Å². The van der Waals surface area contributed by atoms with Crippen LogP contribution in [-0.4, -0.2) is 22.4 Å². The zero-order chi connectivity index (χ0) is 20.0. The summed E-state index contributed by atoms with van der Waals surface area (Å²) in [5.41, 5.74) is 4.54. The number of aryl methyl sites for hydroxylation is 1. The summed E-state index contributed by atoms with van der Waals surface area (Å²) in [4.78, 5) is 32.7. The van der Waals surface area contributed by atoms with Gasteiger partial charge in [0, 0.05) is 26.2 Å². The molecule has 5 rings (SSSR count). The second-order valence-corrected chi connectivity index (χ2v) is 8.04. The van der Waals surface area contributed by atoms with E-state index in [2.05, 4.69) is 16.0 Å². The maximum absolute atomic E-state index is 13.3. The summed E-state index contributed by atoms with van der Waals surface area (Å²) in [6.45, 7) is 2.68. The molecule has 1 aliphatic heterocycles. The number of benzene rings is 1. The van der Waals surface area contributed by atoms with E-state index >= 15 is 0 Å². The topological polar surface area (TPSA) is 72.0 Å². The number of H-pyrrole nitrogens is 1. The van der Waals surface area contributed by atoms with Crippen LogP contribution in [0.25, 0.3) is 11.3 Å². The predicted octanol–water partition coefficient (Wildman–Crippen LogP) is 3.77. The van der Waals surface area contributed by atoms with Crippen molar-refractivity contribution in [1.29, 1.82) is 0 Å². The molecule has 0 atom stereocenters. The van der Waals surface area contributed by atoms with Crippen molar-refractivity contribution in [3.05, 3.63) is 81.4 Å². The molecule has 5 nitrogen and oxygen atoms in total. The highest BCUT2D eigenvalue weighted by molar-refractivity contribution is 5.94. The maximum Gasteiger partial charge on any atom is 0.257 e. The number of hydrogen-bond acceptors (Lipinski definition) is 4. The highest BCUT2D eigenvalue weighted by Crippen LogP contribution is 2.50. The van der Waals surface area contributed by atoms with Gasteiger partial charge >= 0.3 is 0 Å². The molecule has 0 saturated heterocycles. The first-order valence-electron chi connectivity index (χ1n) is 10.0. The van der Waals surface area contributed by atoms with E-state index in [0.717, 1.165) is 36.1 Å². The number of nitrogens with one attached hydrogen (secondary N) is 1. The van der Waals surface area contributed by atoms with Gasteiger partial charge in [-0.25, -0.2) is 0 Å². The lowest BCUT2D eigenvalue weighted by Gasteiger charge is -2.16. The number of aromatic amines is 1. The molecule has 0 radical (unpaired) electrons. The van der Waals surface area contributed by atoms with E-state index in [1.165, 1.54) is 5.56 Å². The van der Waals surface area contributed by atoms with Crippen LogP contribution >= 0.6 is 0 Å². The normalized spacial score (nSPS) is 16.2. The third-order valence-corrected chi connectivity index (χ3v) is 5.98. The molecular formula is C24H24N2O3. The van der Waals surface area contributed by atoms with Crippen molar-refractivity contribution in [1.82, 2.24) is 9.97 Å². The van der Waals surface area contributed by atoms with Gasteiger partial charge < -0.3 is 9.72 Å². The zero-order valence-corrected chi connectivity index (χ0v) is 16.3. The summed E-state index contributed by atoms with van der Waals surface area (Å²) < 4.78 is 5.60. The van der Waals surface area contributed by atoms with Crippen molar-refractivity contribution in [3.8, 4) is 17.0 Å². The number of rotatable bonds is 5. The molecule has 1 aliphatic carbocycles. The minimum Gasteiger partial charge on any atom is -0.493 e. The van der Waals surface area contributed by atoms with E-state index in [1.807, 2.05) is 31.2 Å². The van der Waals surface area contributed by atoms with Gasteiger partial charge in [-0.3, -0.25) is 14.6 Å². The predicted molar refractivity (Wildman–Crippen MR) is 112 cm³/mol. The van der Waals surface area contributed by atoms with E-state index in [-0.39, 0.29) is 19.2 Å². The molecule has 2 aromatic heterocycles. The van der Waals surface area contributed by atoms with Gasteiger partial charge in [0.25, 0.3) is 5.56 Å². The standard InChI is InChI=1S/C24H22N2O3.H2/c1-15-11-18(26-20(12-15)19-3-2-9-25-23(19)28)14-22(27)24(7-8-24)17-4-5-21-16(13-17)6-10-29-21;/h2-5,9,11-13H,6-8,10,14H2,1H3,(H,25,28);1H. The minimum absolute atomic E-state index is 0. The van der Waals surface area contributed by atoms with Crippen LogP contribution in [0.4, 0.5) is 0 Å². The molecule has 3 heterocycles. The molecule has 0 unspecified atom stereocenters. The first kappa shape index (κ1) is 17.9. The monoisotopic (exact) mass is 388 g/mol. The molecule has 1 fully saturated rings. The van der Waals surface area contributed by atoms with Crippen molar-refractivity contribution in [2.45, 2.75) is 38.0 Å². The number of carbonyl (C=O) groups excluding carboxylic acids is 1. The van der Waals surface area contributed by atoms with E-state index in [0.29, 0.717) is 23.6 Å². The first-order valence-corrected chi connectivity index (χ1v) is 10.0. The summed E-state index contributed by atoms with van der Waals surface area (Å²) in [6.07, 6.45) is 4.53. The van der Waals surface area contributed by atoms with Crippen molar-refractivity contribution in [3.63, 3.8) is 0 Å². The van der Waals surface area contributed by atoms with Gasteiger partial charge in [-0.15, -0.1) is 0 Å². The lowest BCUT2D eigenvalue weighted by Crippen LogP contribution is -2.23. The highest BCUT2D eigenvalue weighted by atomic mass is 16.5. The number of nitrogens with zero attached hydrogens (tertiary/aromatic N) is 1. The fourth-order valence-electron chi connectivity index (χ4n) is 4.26. The van der Waals surface area contributed by atoms with E-state index in [4.69, 9.17) is 4.74 Å². The number of aromatic nitrogens is 2. The van der Waals surface area contributed by atoms with Crippen LogP contribution in [0.1, 0.15) is 36.7 Å². The smallest absolute Gasteiger partial charge is 0.257 e. The van der Waals surface area contributed by atoms with Gasteiger partial charge in [0.2, 0.25) is 0 Å². The molecule has 29 heavy (non-hydrogen) atoms. The Bertz CT molecular complexity index is 1180. The average molecular weight is 388 g/mol.